The summed E-state index contributed by atoms with van der Waals surface area (Å²) in [6.45, 7) is 2.05. The minimum atomic E-state index is -0.321. The molecule has 0 fully saturated rings. The third-order valence-electron chi connectivity index (χ3n) is 6.14. The maximum Gasteiger partial charge on any atom is 0.276 e. The van der Waals surface area contributed by atoms with E-state index in [-0.39, 0.29) is 5.91 Å². The molecule has 6 aromatic rings. The first-order valence-electron chi connectivity index (χ1n) is 12.1. The molecule has 0 aliphatic carbocycles. The van der Waals surface area contributed by atoms with Gasteiger partial charge in [0.1, 0.15) is 11.5 Å². The van der Waals surface area contributed by atoms with Gasteiger partial charge >= 0.3 is 0 Å². The Bertz CT molecular complexity index is 1740. The lowest BCUT2D eigenvalue weighted by atomic mass is 10.0. The van der Waals surface area contributed by atoms with Crippen molar-refractivity contribution < 1.29 is 9.53 Å². The number of benzene rings is 3. The van der Waals surface area contributed by atoms with E-state index in [1.54, 1.807) is 18.6 Å². The quantitative estimate of drug-likeness (QED) is 0.257. The number of hydrogen-bond donors (Lipinski definition) is 2. The van der Waals surface area contributed by atoms with Gasteiger partial charge in [0.2, 0.25) is 0 Å². The number of fused-ring (bicyclic) bond motifs is 1. The van der Waals surface area contributed by atoms with Crippen molar-refractivity contribution in [2.24, 2.45) is 0 Å². The van der Waals surface area contributed by atoms with E-state index >= 15 is 0 Å². The number of anilines is 1. The molecule has 3 heterocycles. The van der Waals surface area contributed by atoms with Crippen LogP contribution in [0.15, 0.2) is 110 Å². The molecule has 0 aliphatic heterocycles. The molecule has 6 rings (SSSR count). The second kappa shape index (κ2) is 9.99. The maximum atomic E-state index is 13.1. The van der Waals surface area contributed by atoms with E-state index in [0.717, 1.165) is 39.2 Å². The second-order valence-corrected chi connectivity index (χ2v) is 8.91. The molecule has 0 bridgehead atoms. The molecule has 184 valence electrons. The number of carbonyl (C=O) groups is 1. The number of pyridine rings is 2. The van der Waals surface area contributed by atoms with Crippen LogP contribution in [0.4, 0.5) is 5.69 Å². The molecule has 3 aromatic heterocycles. The largest absolute Gasteiger partial charge is 0.456 e. The fourth-order valence-corrected chi connectivity index (χ4v) is 4.26. The van der Waals surface area contributed by atoms with Crippen LogP contribution in [0.25, 0.3) is 33.3 Å². The number of aromatic nitrogens is 4. The molecule has 3 aromatic carbocycles. The zero-order chi connectivity index (χ0) is 25.9. The van der Waals surface area contributed by atoms with Crippen molar-refractivity contribution in [2.45, 2.75) is 6.92 Å². The summed E-state index contributed by atoms with van der Waals surface area (Å²) < 4.78 is 5.93. The molecule has 0 atom stereocenters. The lowest BCUT2D eigenvalue weighted by molar-refractivity contribution is 0.102. The van der Waals surface area contributed by atoms with Crippen molar-refractivity contribution in [3.8, 4) is 33.9 Å². The number of nitrogens with one attached hydrogen (secondary N) is 2. The maximum absolute atomic E-state index is 13.1. The van der Waals surface area contributed by atoms with Crippen molar-refractivity contribution in [2.75, 3.05) is 5.32 Å². The summed E-state index contributed by atoms with van der Waals surface area (Å²) in [6, 6.07) is 29.1. The van der Waals surface area contributed by atoms with Crippen LogP contribution in [0.5, 0.6) is 11.5 Å². The number of rotatable bonds is 6. The Hall–Kier alpha value is -5.30. The highest BCUT2D eigenvalue weighted by Crippen LogP contribution is 2.29. The van der Waals surface area contributed by atoms with Crippen LogP contribution in [0.3, 0.4) is 0 Å². The zero-order valence-electron chi connectivity index (χ0n) is 20.6. The van der Waals surface area contributed by atoms with E-state index in [1.807, 2.05) is 91.9 Å². The van der Waals surface area contributed by atoms with Gasteiger partial charge in [-0.25, -0.2) is 0 Å². The molecular formula is C31H23N5O2. The van der Waals surface area contributed by atoms with Crippen LogP contribution in [-0.2, 0) is 0 Å². The zero-order valence-corrected chi connectivity index (χ0v) is 20.6. The van der Waals surface area contributed by atoms with Gasteiger partial charge in [0, 0.05) is 22.7 Å². The third-order valence-corrected chi connectivity index (χ3v) is 6.14. The van der Waals surface area contributed by atoms with Crippen LogP contribution in [0.2, 0.25) is 0 Å². The number of carbonyl (C=O) groups excluding carboxylic acids is 1. The molecule has 0 spiro atoms. The summed E-state index contributed by atoms with van der Waals surface area (Å²) in [5.41, 5.74) is 6.44. The van der Waals surface area contributed by atoms with Crippen LogP contribution in [0.1, 0.15) is 16.1 Å². The molecular weight excluding hydrogens is 474 g/mol. The van der Waals surface area contributed by atoms with Gasteiger partial charge in [-0.2, -0.15) is 5.10 Å². The van der Waals surface area contributed by atoms with E-state index in [4.69, 9.17) is 4.74 Å². The summed E-state index contributed by atoms with van der Waals surface area (Å²) in [7, 11) is 0. The highest BCUT2D eigenvalue weighted by Gasteiger charge is 2.16. The first-order chi connectivity index (χ1) is 18.6. The second-order valence-electron chi connectivity index (χ2n) is 8.91. The Morgan fingerprint density at radius 3 is 2.50 bits per heavy atom. The highest BCUT2D eigenvalue weighted by molar-refractivity contribution is 6.11. The molecule has 0 aliphatic rings. The number of H-pyrrole nitrogens is 1. The minimum Gasteiger partial charge on any atom is -0.456 e. The Kier molecular flexibility index (Phi) is 6.08. The first-order valence-corrected chi connectivity index (χ1v) is 12.1. The molecule has 7 nitrogen and oxygen atoms in total. The van der Waals surface area contributed by atoms with E-state index in [9.17, 15) is 4.79 Å². The molecule has 0 saturated carbocycles. The predicted molar refractivity (Wildman–Crippen MR) is 148 cm³/mol. The Morgan fingerprint density at radius 1 is 0.789 bits per heavy atom. The number of para-hydroxylation sites is 1. The highest BCUT2D eigenvalue weighted by atomic mass is 16.5. The van der Waals surface area contributed by atoms with Crippen LogP contribution in [-0.4, -0.2) is 26.1 Å². The molecule has 0 unspecified atom stereocenters. The number of aromatic amines is 1. The van der Waals surface area contributed by atoms with E-state index < -0.39 is 0 Å². The van der Waals surface area contributed by atoms with Gasteiger partial charge in [-0.3, -0.25) is 19.9 Å². The van der Waals surface area contributed by atoms with E-state index in [1.165, 1.54) is 0 Å². The Balaban J connectivity index is 1.23. The van der Waals surface area contributed by atoms with Crippen molar-refractivity contribution in [3.63, 3.8) is 0 Å². The van der Waals surface area contributed by atoms with Crippen molar-refractivity contribution in [1.82, 2.24) is 20.2 Å². The van der Waals surface area contributed by atoms with Gasteiger partial charge in [0.25, 0.3) is 5.91 Å². The number of amides is 1. The van der Waals surface area contributed by atoms with E-state index in [0.29, 0.717) is 22.5 Å². The standard InChI is InChI=1S/C31H23N5O2/c1-20-6-5-7-22(14-20)28-13-11-24(18-33-28)34-31(37)30-27-16-21(10-12-29(27)35-36-30)23-15-26(19-32-17-23)38-25-8-3-2-4-9-25/h2-19H,1H3,(H,34,37)(H,35,36). The summed E-state index contributed by atoms with van der Waals surface area (Å²) in [5, 5.41) is 10.8. The molecule has 38 heavy (non-hydrogen) atoms. The fraction of sp³-hybridized carbons (Fsp3) is 0.0323. The number of ether oxygens (including phenoxy) is 1. The lowest BCUT2D eigenvalue weighted by Gasteiger charge is -2.08. The number of hydrogen-bond acceptors (Lipinski definition) is 5. The number of aryl methyl sites for hydroxylation is 1. The summed E-state index contributed by atoms with van der Waals surface area (Å²) in [6.07, 6.45) is 5.09. The molecule has 1 amide bonds. The van der Waals surface area contributed by atoms with Crippen LogP contribution >= 0.6 is 0 Å². The summed E-state index contributed by atoms with van der Waals surface area (Å²) in [5.74, 6) is 1.04. The first kappa shape index (κ1) is 23.1. The van der Waals surface area contributed by atoms with E-state index in [2.05, 4.69) is 31.5 Å². The summed E-state index contributed by atoms with van der Waals surface area (Å²) in [4.78, 5) is 22.0. The predicted octanol–water partition coefficient (Wildman–Crippen LogP) is 7.04. The fourth-order valence-electron chi connectivity index (χ4n) is 4.26. The van der Waals surface area contributed by atoms with Gasteiger partial charge in [0.15, 0.2) is 5.69 Å². The minimum absolute atomic E-state index is 0.300. The van der Waals surface area contributed by atoms with Crippen LogP contribution < -0.4 is 10.1 Å². The topological polar surface area (TPSA) is 92.8 Å². The average molecular weight is 498 g/mol. The van der Waals surface area contributed by atoms with Crippen molar-refractivity contribution >= 4 is 22.5 Å². The molecule has 2 N–H and O–H groups in total. The molecule has 7 heteroatoms. The lowest BCUT2D eigenvalue weighted by Crippen LogP contribution is -2.13. The normalized spacial score (nSPS) is 10.9. The molecule has 0 saturated heterocycles. The SMILES string of the molecule is Cc1cccc(-c2ccc(NC(=O)c3n[nH]c4ccc(-c5cncc(Oc6ccccc6)c5)cc34)cn2)c1. The third kappa shape index (κ3) is 4.85. The van der Waals surface area contributed by atoms with Gasteiger partial charge in [0.05, 0.1) is 29.3 Å². The Labute approximate surface area is 219 Å². The monoisotopic (exact) mass is 497 g/mol. The van der Waals surface area contributed by atoms with Gasteiger partial charge in [-0.1, -0.05) is 48.0 Å². The van der Waals surface area contributed by atoms with Crippen LogP contribution in [0, 0.1) is 6.92 Å². The Morgan fingerprint density at radius 2 is 1.68 bits per heavy atom. The average Bonchev–Trinajstić information content (AvgIpc) is 3.38. The molecule has 0 radical (unpaired) electrons. The number of nitrogens with zero attached hydrogens (tertiary/aromatic N) is 3. The van der Waals surface area contributed by atoms with Gasteiger partial charge < -0.3 is 10.1 Å². The van der Waals surface area contributed by atoms with Gasteiger partial charge in [-0.05, 0) is 61.0 Å². The smallest absolute Gasteiger partial charge is 0.276 e. The van der Waals surface area contributed by atoms with Crippen molar-refractivity contribution in [1.29, 1.82) is 0 Å². The summed E-state index contributed by atoms with van der Waals surface area (Å²) >= 11 is 0. The van der Waals surface area contributed by atoms with Gasteiger partial charge in [-0.15, -0.1) is 0 Å². The van der Waals surface area contributed by atoms with Crippen molar-refractivity contribution in [3.05, 3.63) is 121 Å².